The van der Waals surface area contributed by atoms with Crippen LogP contribution < -0.4 is 5.32 Å². The largest absolute Gasteiger partial charge is 0.395 e. The first-order valence-corrected chi connectivity index (χ1v) is 4.62. The van der Waals surface area contributed by atoms with Crippen LogP contribution in [0.25, 0.3) is 0 Å². The number of methoxy groups -OCH3 is 2. The summed E-state index contributed by atoms with van der Waals surface area (Å²) in [6.07, 6.45) is 0.627. The van der Waals surface area contributed by atoms with Crippen molar-refractivity contribution in [2.75, 3.05) is 20.8 Å². The molecule has 2 N–H and O–H groups in total. The molecule has 0 amide bonds. The van der Waals surface area contributed by atoms with Gasteiger partial charge in [-0.1, -0.05) is 6.92 Å². The number of aliphatic hydroxyl groups is 1. The Morgan fingerprint density at radius 1 is 1.31 bits per heavy atom. The van der Waals surface area contributed by atoms with E-state index < -0.39 is 0 Å². The quantitative estimate of drug-likeness (QED) is 0.570. The molecule has 0 aromatic rings. The molecule has 0 bridgehead atoms. The van der Waals surface area contributed by atoms with E-state index in [1.807, 2.05) is 13.8 Å². The highest BCUT2D eigenvalue weighted by atomic mass is 16.7. The van der Waals surface area contributed by atoms with Crippen molar-refractivity contribution in [1.82, 2.24) is 5.32 Å². The van der Waals surface area contributed by atoms with Gasteiger partial charge in [0.1, 0.15) is 0 Å². The second-order valence-electron chi connectivity index (χ2n) is 3.08. The van der Waals surface area contributed by atoms with E-state index in [-0.39, 0.29) is 25.0 Å². The monoisotopic (exact) mass is 191 g/mol. The topological polar surface area (TPSA) is 50.7 Å². The summed E-state index contributed by atoms with van der Waals surface area (Å²) in [5.41, 5.74) is 0. The van der Waals surface area contributed by atoms with Gasteiger partial charge in [0, 0.05) is 20.3 Å². The normalized spacial score (nSPS) is 16.2. The molecular formula is C9H21NO3. The Morgan fingerprint density at radius 3 is 2.15 bits per heavy atom. The lowest BCUT2D eigenvalue weighted by molar-refractivity contribution is -0.121. The summed E-state index contributed by atoms with van der Waals surface area (Å²) in [6, 6.07) is 0.190. The van der Waals surface area contributed by atoms with Crippen molar-refractivity contribution in [3.8, 4) is 0 Å². The van der Waals surface area contributed by atoms with E-state index in [9.17, 15) is 0 Å². The van der Waals surface area contributed by atoms with Gasteiger partial charge in [-0.05, 0) is 13.3 Å². The van der Waals surface area contributed by atoms with Crippen molar-refractivity contribution in [3.63, 3.8) is 0 Å². The number of hydrogen-bond acceptors (Lipinski definition) is 4. The first-order chi connectivity index (χ1) is 6.19. The van der Waals surface area contributed by atoms with Crippen LogP contribution in [0.15, 0.2) is 0 Å². The lowest BCUT2D eigenvalue weighted by Gasteiger charge is -2.26. The minimum absolute atomic E-state index is 0.0760. The number of nitrogens with one attached hydrogen (secondary N) is 1. The molecule has 13 heavy (non-hydrogen) atoms. The number of aliphatic hydroxyl groups excluding tert-OH is 1. The van der Waals surface area contributed by atoms with Gasteiger partial charge in [0.05, 0.1) is 12.6 Å². The molecule has 0 radical (unpaired) electrons. The maximum absolute atomic E-state index is 8.96. The van der Waals surface area contributed by atoms with E-state index >= 15 is 0 Å². The molecule has 4 heteroatoms. The van der Waals surface area contributed by atoms with Crippen LogP contribution in [0.5, 0.6) is 0 Å². The first-order valence-electron chi connectivity index (χ1n) is 4.62. The molecule has 0 aromatic heterocycles. The summed E-state index contributed by atoms with van der Waals surface area (Å²) in [6.45, 7) is 4.13. The average Bonchev–Trinajstić information content (AvgIpc) is 2.16. The fraction of sp³-hybridized carbons (Fsp3) is 1.00. The highest BCUT2D eigenvalue weighted by Crippen LogP contribution is 2.01. The minimum atomic E-state index is -0.263. The Kier molecular flexibility index (Phi) is 7.17. The van der Waals surface area contributed by atoms with Crippen molar-refractivity contribution in [2.45, 2.75) is 38.6 Å². The zero-order valence-electron chi connectivity index (χ0n) is 8.91. The molecule has 1 unspecified atom stereocenters. The zero-order valence-corrected chi connectivity index (χ0v) is 8.91. The van der Waals surface area contributed by atoms with Gasteiger partial charge >= 0.3 is 0 Å². The van der Waals surface area contributed by atoms with Gasteiger partial charge in [-0.15, -0.1) is 0 Å². The van der Waals surface area contributed by atoms with Crippen molar-refractivity contribution in [1.29, 1.82) is 0 Å². The fourth-order valence-electron chi connectivity index (χ4n) is 1.25. The second-order valence-corrected chi connectivity index (χ2v) is 3.08. The third-order valence-corrected chi connectivity index (χ3v) is 2.08. The van der Waals surface area contributed by atoms with Gasteiger partial charge in [-0.3, -0.25) is 0 Å². The minimum Gasteiger partial charge on any atom is -0.395 e. The van der Waals surface area contributed by atoms with Crippen LogP contribution in [-0.2, 0) is 9.47 Å². The van der Waals surface area contributed by atoms with E-state index in [1.54, 1.807) is 14.2 Å². The van der Waals surface area contributed by atoms with Crippen molar-refractivity contribution >= 4 is 0 Å². The Bertz CT molecular complexity index is 113. The molecule has 0 heterocycles. The van der Waals surface area contributed by atoms with E-state index in [2.05, 4.69) is 5.32 Å². The SMILES string of the molecule is CC[C@@H](CO)NC(C)C(OC)OC. The molecule has 4 nitrogen and oxygen atoms in total. The average molecular weight is 191 g/mol. The van der Waals surface area contributed by atoms with E-state index in [0.717, 1.165) is 6.42 Å². The maximum atomic E-state index is 8.96. The van der Waals surface area contributed by atoms with Crippen LogP contribution in [-0.4, -0.2) is 44.3 Å². The van der Waals surface area contributed by atoms with Crippen LogP contribution in [0.4, 0.5) is 0 Å². The Labute approximate surface area is 80.2 Å². The molecule has 0 saturated carbocycles. The highest BCUT2D eigenvalue weighted by molar-refractivity contribution is 4.71. The molecule has 80 valence electrons. The predicted molar refractivity (Wildman–Crippen MR) is 51.6 cm³/mol. The van der Waals surface area contributed by atoms with Gasteiger partial charge in [-0.25, -0.2) is 0 Å². The predicted octanol–water partition coefficient (Wildman–Crippen LogP) is 0.354. The van der Waals surface area contributed by atoms with Gasteiger partial charge in [0.25, 0.3) is 0 Å². The van der Waals surface area contributed by atoms with Crippen LogP contribution in [0.2, 0.25) is 0 Å². The Balaban J connectivity index is 3.87. The standard InChI is InChI=1S/C9H21NO3/c1-5-8(6-11)10-7(2)9(12-3)13-4/h7-11H,5-6H2,1-4H3/t7?,8-/m0/s1. The smallest absolute Gasteiger partial charge is 0.171 e. The van der Waals surface area contributed by atoms with Crippen LogP contribution in [0, 0.1) is 0 Å². The summed E-state index contributed by atoms with van der Waals surface area (Å²) in [4.78, 5) is 0. The third-order valence-electron chi connectivity index (χ3n) is 2.08. The van der Waals surface area contributed by atoms with Gasteiger partial charge in [0.2, 0.25) is 0 Å². The van der Waals surface area contributed by atoms with Crippen molar-refractivity contribution in [3.05, 3.63) is 0 Å². The summed E-state index contributed by atoms with van der Waals surface area (Å²) >= 11 is 0. The molecule has 0 aliphatic rings. The summed E-state index contributed by atoms with van der Waals surface area (Å²) in [5, 5.41) is 12.2. The molecule has 0 rings (SSSR count). The van der Waals surface area contributed by atoms with Gasteiger partial charge < -0.3 is 19.9 Å². The molecule has 0 saturated heterocycles. The lowest BCUT2D eigenvalue weighted by atomic mass is 10.2. The summed E-state index contributed by atoms with van der Waals surface area (Å²) < 4.78 is 10.2. The molecule has 0 fully saturated rings. The van der Waals surface area contributed by atoms with Gasteiger partial charge in [0.15, 0.2) is 6.29 Å². The van der Waals surface area contributed by atoms with E-state index in [1.165, 1.54) is 0 Å². The van der Waals surface area contributed by atoms with E-state index in [0.29, 0.717) is 0 Å². The van der Waals surface area contributed by atoms with Crippen LogP contribution in [0.1, 0.15) is 20.3 Å². The fourth-order valence-corrected chi connectivity index (χ4v) is 1.25. The lowest BCUT2D eigenvalue weighted by Crippen LogP contribution is -2.46. The van der Waals surface area contributed by atoms with Crippen molar-refractivity contribution in [2.24, 2.45) is 0 Å². The number of ether oxygens (including phenoxy) is 2. The molecule has 0 aliphatic heterocycles. The number of hydrogen-bond donors (Lipinski definition) is 2. The van der Waals surface area contributed by atoms with Crippen LogP contribution in [0.3, 0.4) is 0 Å². The summed E-state index contributed by atoms with van der Waals surface area (Å²) in [5.74, 6) is 0. The maximum Gasteiger partial charge on any atom is 0.171 e. The zero-order chi connectivity index (χ0) is 10.3. The highest BCUT2D eigenvalue weighted by Gasteiger charge is 2.18. The molecule has 0 aromatic carbocycles. The first kappa shape index (κ1) is 12.8. The van der Waals surface area contributed by atoms with Gasteiger partial charge in [-0.2, -0.15) is 0 Å². The Morgan fingerprint density at radius 2 is 1.85 bits per heavy atom. The Hall–Kier alpha value is -0.160. The van der Waals surface area contributed by atoms with Crippen LogP contribution >= 0.6 is 0 Å². The van der Waals surface area contributed by atoms with E-state index in [4.69, 9.17) is 14.6 Å². The second kappa shape index (κ2) is 7.26. The molecule has 2 atom stereocenters. The van der Waals surface area contributed by atoms with Crippen molar-refractivity contribution < 1.29 is 14.6 Å². The summed E-state index contributed by atoms with van der Waals surface area (Å²) in [7, 11) is 3.21. The number of rotatable bonds is 7. The molecular weight excluding hydrogens is 170 g/mol. The molecule has 0 spiro atoms. The molecule has 0 aliphatic carbocycles. The third kappa shape index (κ3) is 4.57.